The topological polar surface area (TPSA) is 32.3 Å². The Morgan fingerprint density at radius 3 is 2.25 bits per heavy atom. The summed E-state index contributed by atoms with van der Waals surface area (Å²) in [5.41, 5.74) is 0.385. The molecule has 0 spiro atoms. The first-order valence-electron chi connectivity index (χ1n) is 6.94. The van der Waals surface area contributed by atoms with Crippen LogP contribution >= 0.6 is 0 Å². The number of nitrogens with one attached hydrogen (secondary N) is 1. The van der Waals surface area contributed by atoms with Gasteiger partial charge in [-0.1, -0.05) is 33.1 Å². The van der Waals surface area contributed by atoms with Gasteiger partial charge in [-0.2, -0.15) is 0 Å². The fraction of sp³-hybridized carbons (Fsp3) is 1.00. The maximum Gasteiger partial charge on any atom is 0.0436 e. The molecule has 0 saturated heterocycles. The Hall–Kier alpha value is -0.0800. The first-order valence-corrected chi connectivity index (χ1v) is 6.94. The summed E-state index contributed by atoms with van der Waals surface area (Å²) in [7, 11) is 0. The molecule has 0 radical (unpaired) electrons. The SMILES string of the molecule is CC(C)C(C)NCC1(CCO)CCCCC1. The highest BCUT2D eigenvalue weighted by Crippen LogP contribution is 2.38. The van der Waals surface area contributed by atoms with Gasteiger partial charge in [-0.05, 0) is 37.5 Å². The molecule has 2 heteroatoms. The van der Waals surface area contributed by atoms with Crippen LogP contribution in [0.2, 0.25) is 0 Å². The molecule has 0 bridgehead atoms. The standard InChI is InChI=1S/C14H29NO/c1-12(2)13(3)15-11-14(9-10-16)7-5-4-6-8-14/h12-13,15-16H,4-11H2,1-3H3. The highest BCUT2D eigenvalue weighted by Gasteiger charge is 2.31. The molecule has 1 aliphatic carbocycles. The van der Waals surface area contributed by atoms with E-state index in [4.69, 9.17) is 0 Å². The number of aliphatic hydroxyl groups is 1. The zero-order valence-electron chi connectivity index (χ0n) is 11.3. The highest BCUT2D eigenvalue weighted by molar-refractivity contribution is 4.85. The van der Waals surface area contributed by atoms with E-state index in [0.717, 1.165) is 13.0 Å². The van der Waals surface area contributed by atoms with Gasteiger partial charge in [0.2, 0.25) is 0 Å². The van der Waals surface area contributed by atoms with Crippen molar-refractivity contribution in [2.45, 2.75) is 65.3 Å². The van der Waals surface area contributed by atoms with E-state index in [0.29, 0.717) is 24.0 Å². The molecule has 0 aliphatic heterocycles. The van der Waals surface area contributed by atoms with Gasteiger partial charge in [-0.15, -0.1) is 0 Å². The molecule has 1 aliphatic rings. The van der Waals surface area contributed by atoms with Crippen molar-refractivity contribution in [3.8, 4) is 0 Å². The van der Waals surface area contributed by atoms with Crippen LogP contribution in [0.4, 0.5) is 0 Å². The Balaban J connectivity index is 2.43. The summed E-state index contributed by atoms with van der Waals surface area (Å²) in [6.07, 6.45) is 7.64. The largest absolute Gasteiger partial charge is 0.396 e. The van der Waals surface area contributed by atoms with E-state index in [-0.39, 0.29) is 0 Å². The summed E-state index contributed by atoms with van der Waals surface area (Å²) in [4.78, 5) is 0. The molecule has 96 valence electrons. The second-order valence-corrected chi connectivity index (χ2v) is 5.95. The maximum atomic E-state index is 9.23. The van der Waals surface area contributed by atoms with Crippen LogP contribution in [0.25, 0.3) is 0 Å². The maximum absolute atomic E-state index is 9.23. The van der Waals surface area contributed by atoms with E-state index in [1.807, 2.05) is 0 Å². The summed E-state index contributed by atoms with van der Waals surface area (Å²) in [6.45, 7) is 8.22. The highest BCUT2D eigenvalue weighted by atomic mass is 16.3. The van der Waals surface area contributed by atoms with Crippen LogP contribution in [-0.4, -0.2) is 24.3 Å². The fourth-order valence-corrected chi connectivity index (χ4v) is 2.67. The van der Waals surface area contributed by atoms with Crippen molar-refractivity contribution in [3.05, 3.63) is 0 Å². The second-order valence-electron chi connectivity index (χ2n) is 5.95. The van der Waals surface area contributed by atoms with Crippen molar-refractivity contribution in [1.82, 2.24) is 5.32 Å². The third kappa shape index (κ3) is 4.06. The van der Waals surface area contributed by atoms with E-state index < -0.39 is 0 Å². The monoisotopic (exact) mass is 227 g/mol. The Morgan fingerprint density at radius 2 is 1.75 bits per heavy atom. The second kappa shape index (κ2) is 6.61. The van der Waals surface area contributed by atoms with Crippen molar-refractivity contribution in [2.75, 3.05) is 13.2 Å². The smallest absolute Gasteiger partial charge is 0.0436 e. The van der Waals surface area contributed by atoms with E-state index in [2.05, 4.69) is 26.1 Å². The average Bonchev–Trinajstić information content (AvgIpc) is 2.27. The lowest BCUT2D eigenvalue weighted by Crippen LogP contribution is -2.42. The van der Waals surface area contributed by atoms with Gasteiger partial charge in [0.25, 0.3) is 0 Å². The third-order valence-corrected chi connectivity index (χ3v) is 4.36. The normalized spacial score (nSPS) is 22.3. The molecule has 0 aromatic carbocycles. The summed E-state index contributed by atoms with van der Waals surface area (Å²) in [6, 6.07) is 0.581. The lowest BCUT2D eigenvalue weighted by atomic mass is 9.71. The molecule has 0 heterocycles. The van der Waals surface area contributed by atoms with Crippen molar-refractivity contribution in [3.63, 3.8) is 0 Å². The first kappa shape index (κ1) is 14.0. The van der Waals surface area contributed by atoms with E-state index in [1.54, 1.807) is 0 Å². The minimum Gasteiger partial charge on any atom is -0.396 e. The minimum absolute atomic E-state index is 0.345. The number of aliphatic hydroxyl groups excluding tert-OH is 1. The van der Waals surface area contributed by atoms with Gasteiger partial charge < -0.3 is 10.4 Å². The lowest BCUT2D eigenvalue weighted by molar-refractivity contribution is 0.120. The molecule has 2 N–H and O–H groups in total. The molecule has 0 aromatic rings. The molecule has 16 heavy (non-hydrogen) atoms. The van der Waals surface area contributed by atoms with Crippen LogP contribution < -0.4 is 5.32 Å². The van der Waals surface area contributed by atoms with Crippen LogP contribution in [-0.2, 0) is 0 Å². The Bertz CT molecular complexity index is 180. The van der Waals surface area contributed by atoms with Crippen molar-refractivity contribution < 1.29 is 5.11 Å². The molecule has 1 fully saturated rings. The average molecular weight is 227 g/mol. The molecule has 1 saturated carbocycles. The minimum atomic E-state index is 0.345. The van der Waals surface area contributed by atoms with Crippen molar-refractivity contribution >= 4 is 0 Å². The molecule has 1 rings (SSSR count). The van der Waals surface area contributed by atoms with Gasteiger partial charge in [-0.3, -0.25) is 0 Å². The van der Waals surface area contributed by atoms with Gasteiger partial charge in [0.15, 0.2) is 0 Å². The van der Waals surface area contributed by atoms with Crippen LogP contribution in [0.1, 0.15) is 59.3 Å². The zero-order valence-corrected chi connectivity index (χ0v) is 11.3. The molecular weight excluding hydrogens is 198 g/mol. The number of hydrogen-bond donors (Lipinski definition) is 2. The summed E-state index contributed by atoms with van der Waals surface area (Å²) in [5.74, 6) is 0.690. The van der Waals surface area contributed by atoms with Gasteiger partial charge >= 0.3 is 0 Å². The molecule has 0 aromatic heterocycles. The van der Waals surface area contributed by atoms with E-state index in [1.165, 1.54) is 32.1 Å². The summed E-state index contributed by atoms with van der Waals surface area (Å²) < 4.78 is 0. The zero-order chi connectivity index (χ0) is 12.0. The van der Waals surface area contributed by atoms with Crippen LogP contribution in [0.15, 0.2) is 0 Å². The van der Waals surface area contributed by atoms with E-state index >= 15 is 0 Å². The van der Waals surface area contributed by atoms with Gasteiger partial charge in [0, 0.05) is 19.2 Å². The molecular formula is C14H29NO. The molecule has 1 atom stereocenters. The van der Waals surface area contributed by atoms with E-state index in [9.17, 15) is 5.11 Å². The quantitative estimate of drug-likeness (QED) is 0.731. The summed E-state index contributed by atoms with van der Waals surface area (Å²) >= 11 is 0. The Labute approximate surface area is 101 Å². The predicted octanol–water partition coefficient (Wildman–Crippen LogP) is 2.95. The lowest BCUT2D eigenvalue weighted by Gasteiger charge is -2.38. The third-order valence-electron chi connectivity index (χ3n) is 4.36. The number of rotatable bonds is 6. The van der Waals surface area contributed by atoms with Crippen molar-refractivity contribution in [2.24, 2.45) is 11.3 Å². The fourth-order valence-electron chi connectivity index (χ4n) is 2.67. The summed E-state index contributed by atoms with van der Waals surface area (Å²) in [5, 5.41) is 12.9. The van der Waals surface area contributed by atoms with Gasteiger partial charge in [0.1, 0.15) is 0 Å². The van der Waals surface area contributed by atoms with Crippen LogP contribution in [0, 0.1) is 11.3 Å². The van der Waals surface area contributed by atoms with Crippen molar-refractivity contribution in [1.29, 1.82) is 0 Å². The van der Waals surface area contributed by atoms with Gasteiger partial charge in [0.05, 0.1) is 0 Å². The Kier molecular flexibility index (Phi) is 5.77. The molecule has 2 nitrogen and oxygen atoms in total. The van der Waals surface area contributed by atoms with Crippen LogP contribution in [0.5, 0.6) is 0 Å². The molecule has 0 amide bonds. The molecule has 1 unspecified atom stereocenters. The predicted molar refractivity (Wildman–Crippen MR) is 69.5 cm³/mol. The van der Waals surface area contributed by atoms with Gasteiger partial charge in [-0.25, -0.2) is 0 Å². The van der Waals surface area contributed by atoms with Crippen LogP contribution in [0.3, 0.4) is 0 Å². The first-order chi connectivity index (χ1) is 7.59. The Morgan fingerprint density at radius 1 is 1.12 bits per heavy atom. The number of hydrogen-bond acceptors (Lipinski definition) is 2.